The predicted molar refractivity (Wildman–Crippen MR) is 65.1 cm³/mol. The molecule has 1 aromatic heterocycles. The molecule has 1 amide bonds. The van der Waals surface area contributed by atoms with Gasteiger partial charge in [-0.2, -0.15) is 0 Å². The second-order valence-electron chi connectivity index (χ2n) is 4.35. The minimum absolute atomic E-state index is 0.161. The largest absolute Gasteiger partial charge is 0.353 e. The van der Waals surface area contributed by atoms with Gasteiger partial charge in [-0.1, -0.05) is 19.9 Å². The number of carbonyl (C=O) groups excluding carboxylic acids is 1. The van der Waals surface area contributed by atoms with Crippen molar-refractivity contribution < 1.29 is 4.79 Å². The third-order valence-corrected chi connectivity index (χ3v) is 2.99. The smallest absolute Gasteiger partial charge is 0.220 e. The van der Waals surface area contributed by atoms with E-state index in [1.807, 2.05) is 6.07 Å². The Labute approximate surface area is 95.7 Å². The second-order valence-corrected chi connectivity index (χ2v) is 5.38. The van der Waals surface area contributed by atoms with Gasteiger partial charge in [0.25, 0.3) is 0 Å². The SMILES string of the molecule is CC(C)CC(=O)N[C@@H](C)Cc1cccs1. The van der Waals surface area contributed by atoms with Crippen molar-refractivity contribution in [3.8, 4) is 0 Å². The fourth-order valence-electron chi connectivity index (χ4n) is 1.49. The molecule has 0 radical (unpaired) electrons. The molecule has 1 atom stereocenters. The van der Waals surface area contributed by atoms with Gasteiger partial charge in [-0.3, -0.25) is 4.79 Å². The number of hydrogen-bond acceptors (Lipinski definition) is 2. The molecule has 84 valence electrons. The van der Waals surface area contributed by atoms with Gasteiger partial charge in [-0.15, -0.1) is 11.3 Å². The molecule has 0 aliphatic rings. The molecule has 0 saturated carbocycles. The average molecular weight is 225 g/mol. The minimum atomic E-state index is 0.161. The first-order valence-electron chi connectivity index (χ1n) is 5.39. The molecule has 0 fully saturated rings. The van der Waals surface area contributed by atoms with Crippen LogP contribution in [-0.2, 0) is 11.2 Å². The summed E-state index contributed by atoms with van der Waals surface area (Å²) in [6, 6.07) is 4.38. The van der Waals surface area contributed by atoms with E-state index in [0.717, 1.165) is 6.42 Å². The van der Waals surface area contributed by atoms with E-state index in [0.29, 0.717) is 12.3 Å². The van der Waals surface area contributed by atoms with Crippen LogP contribution in [0.1, 0.15) is 32.1 Å². The van der Waals surface area contributed by atoms with Crippen molar-refractivity contribution in [3.63, 3.8) is 0 Å². The lowest BCUT2D eigenvalue weighted by atomic mass is 10.1. The van der Waals surface area contributed by atoms with Crippen molar-refractivity contribution in [2.75, 3.05) is 0 Å². The van der Waals surface area contributed by atoms with Gasteiger partial charge in [0, 0.05) is 23.8 Å². The number of hydrogen-bond donors (Lipinski definition) is 1. The van der Waals surface area contributed by atoms with Gasteiger partial charge >= 0.3 is 0 Å². The molecule has 3 heteroatoms. The van der Waals surface area contributed by atoms with Crippen LogP contribution < -0.4 is 5.32 Å². The summed E-state index contributed by atoms with van der Waals surface area (Å²) >= 11 is 1.74. The maximum Gasteiger partial charge on any atom is 0.220 e. The summed E-state index contributed by atoms with van der Waals surface area (Å²) in [5.41, 5.74) is 0. The highest BCUT2D eigenvalue weighted by atomic mass is 32.1. The van der Waals surface area contributed by atoms with Crippen LogP contribution >= 0.6 is 11.3 Å². The number of carbonyl (C=O) groups is 1. The lowest BCUT2D eigenvalue weighted by Crippen LogP contribution is -2.34. The normalized spacial score (nSPS) is 12.8. The van der Waals surface area contributed by atoms with Crippen LogP contribution in [0.4, 0.5) is 0 Å². The first kappa shape index (κ1) is 12.2. The number of thiophene rings is 1. The van der Waals surface area contributed by atoms with Crippen molar-refractivity contribution in [2.45, 2.75) is 39.7 Å². The molecule has 0 aliphatic carbocycles. The Bertz CT molecular complexity index is 293. The maximum atomic E-state index is 11.5. The zero-order valence-electron chi connectivity index (χ0n) is 9.62. The highest BCUT2D eigenvalue weighted by molar-refractivity contribution is 7.09. The molecule has 1 rings (SSSR count). The minimum Gasteiger partial charge on any atom is -0.353 e. The molecule has 1 N–H and O–H groups in total. The fraction of sp³-hybridized carbons (Fsp3) is 0.583. The molecule has 0 aliphatic heterocycles. The Hall–Kier alpha value is -0.830. The van der Waals surface area contributed by atoms with Gasteiger partial charge in [0.05, 0.1) is 0 Å². The molecule has 15 heavy (non-hydrogen) atoms. The predicted octanol–water partition coefficient (Wildman–Crippen LogP) is 2.84. The molecular weight excluding hydrogens is 206 g/mol. The summed E-state index contributed by atoms with van der Waals surface area (Å²) in [7, 11) is 0. The van der Waals surface area contributed by atoms with Crippen molar-refractivity contribution in [1.82, 2.24) is 5.32 Å². The van der Waals surface area contributed by atoms with Crippen molar-refractivity contribution in [2.24, 2.45) is 5.92 Å². The van der Waals surface area contributed by atoms with Crippen LogP contribution in [0.5, 0.6) is 0 Å². The van der Waals surface area contributed by atoms with Crippen LogP contribution in [-0.4, -0.2) is 11.9 Å². The molecule has 1 heterocycles. The van der Waals surface area contributed by atoms with Gasteiger partial charge in [-0.05, 0) is 24.3 Å². The van der Waals surface area contributed by atoms with E-state index in [2.05, 4.69) is 37.5 Å². The van der Waals surface area contributed by atoms with Crippen molar-refractivity contribution >= 4 is 17.2 Å². The van der Waals surface area contributed by atoms with E-state index < -0.39 is 0 Å². The topological polar surface area (TPSA) is 29.1 Å². The Kier molecular flexibility index (Phi) is 4.82. The fourth-order valence-corrected chi connectivity index (χ4v) is 2.32. The lowest BCUT2D eigenvalue weighted by Gasteiger charge is -2.13. The Morgan fingerprint density at radius 2 is 2.20 bits per heavy atom. The maximum absolute atomic E-state index is 11.5. The van der Waals surface area contributed by atoms with Gasteiger partial charge in [0.15, 0.2) is 0 Å². The first-order chi connectivity index (χ1) is 7.08. The molecule has 0 spiro atoms. The molecular formula is C12H19NOS. The van der Waals surface area contributed by atoms with Crippen molar-refractivity contribution in [3.05, 3.63) is 22.4 Å². The summed E-state index contributed by atoms with van der Waals surface area (Å²) in [6.45, 7) is 6.17. The van der Waals surface area contributed by atoms with Crippen LogP contribution in [0.3, 0.4) is 0 Å². The molecule has 2 nitrogen and oxygen atoms in total. The number of rotatable bonds is 5. The van der Waals surface area contributed by atoms with E-state index in [9.17, 15) is 4.79 Å². The van der Waals surface area contributed by atoms with Gasteiger partial charge in [-0.25, -0.2) is 0 Å². The van der Waals surface area contributed by atoms with Crippen molar-refractivity contribution in [1.29, 1.82) is 0 Å². The standard InChI is InChI=1S/C12H19NOS/c1-9(2)7-12(14)13-10(3)8-11-5-4-6-15-11/h4-6,9-10H,7-8H2,1-3H3,(H,13,14)/t10-/m0/s1. The third-order valence-electron chi connectivity index (χ3n) is 2.09. The molecule has 0 aromatic carbocycles. The monoisotopic (exact) mass is 225 g/mol. The van der Waals surface area contributed by atoms with Crippen LogP contribution in [0.25, 0.3) is 0 Å². The van der Waals surface area contributed by atoms with E-state index >= 15 is 0 Å². The van der Waals surface area contributed by atoms with Gasteiger partial charge < -0.3 is 5.32 Å². The number of nitrogens with one attached hydrogen (secondary N) is 1. The molecule has 0 unspecified atom stereocenters. The number of amides is 1. The summed E-state index contributed by atoms with van der Waals surface area (Å²) in [5.74, 6) is 0.591. The summed E-state index contributed by atoms with van der Waals surface area (Å²) in [4.78, 5) is 12.8. The van der Waals surface area contributed by atoms with Gasteiger partial charge in [0.2, 0.25) is 5.91 Å². The average Bonchev–Trinajstić information content (AvgIpc) is 2.53. The zero-order chi connectivity index (χ0) is 11.3. The summed E-state index contributed by atoms with van der Waals surface area (Å²) < 4.78 is 0. The second kappa shape index (κ2) is 5.91. The Balaban J connectivity index is 2.29. The summed E-state index contributed by atoms with van der Waals surface area (Å²) in [6.07, 6.45) is 1.55. The Morgan fingerprint density at radius 1 is 1.47 bits per heavy atom. The third kappa shape index (κ3) is 4.98. The first-order valence-corrected chi connectivity index (χ1v) is 6.27. The lowest BCUT2D eigenvalue weighted by molar-refractivity contribution is -0.122. The zero-order valence-corrected chi connectivity index (χ0v) is 10.4. The van der Waals surface area contributed by atoms with E-state index in [1.165, 1.54) is 4.88 Å². The molecule has 0 bridgehead atoms. The van der Waals surface area contributed by atoms with Gasteiger partial charge in [0.1, 0.15) is 0 Å². The Morgan fingerprint density at radius 3 is 2.73 bits per heavy atom. The summed E-state index contributed by atoms with van der Waals surface area (Å²) in [5, 5.41) is 5.08. The van der Waals surface area contributed by atoms with Crippen LogP contribution in [0.15, 0.2) is 17.5 Å². The van der Waals surface area contributed by atoms with Crippen LogP contribution in [0, 0.1) is 5.92 Å². The highest BCUT2D eigenvalue weighted by Gasteiger charge is 2.09. The molecule has 0 saturated heterocycles. The van der Waals surface area contributed by atoms with Crippen LogP contribution in [0.2, 0.25) is 0 Å². The van der Waals surface area contributed by atoms with E-state index in [4.69, 9.17) is 0 Å². The van der Waals surface area contributed by atoms with E-state index in [1.54, 1.807) is 11.3 Å². The van der Waals surface area contributed by atoms with E-state index in [-0.39, 0.29) is 11.9 Å². The quantitative estimate of drug-likeness (QED) is 0.820. The highest BCUT2D eigenvalue weighted by Crippen LogP contribution is 2.11. The molecule has 1 aromatic rings.